The van der Waals surface area contributed by atoms with Crippen molar-refractivity contribution in [2.45, 2.75) is 62.6 Å². The average Bonchev–Trinajstić information content (AvgIpc) is 3.74. The number of β-amino-alcohol motifs (C(OH)–C–C–N with tert-alkyl or cyclic N) is 1. The van der Waals surface area contributed by atoms with Crippen molar-refractivity contribution < 1.29 is 19.0 Å². The number of carbonyl (C=O) groups is 1. The van der Waals surface area contributed by atoms with E-state index in [4.69, 9.17) is 4.74 Å². The lowest BCUT2D eigenvalue weighted by molar-refractivity contribution is -0.136. The van der Waals surface area contributed by atoms with Crippen LogP contribution in [0.1, 0.15) is 56.4 Å². The third kappa shape index (κ3) is 7.27. The van der Waals surface area contributed by atoms with Crippen molar-refractivity contribution in [1.29, 1.82) is 0 Å². The molecule has 254 valence electrons. The SMILES string of the molecule is CO[C@@]1(C(=O)Nc2ccc3[nH]nc(-c4ccc(F)cc4)c3c2)CCN(CC(O)C2CCCCC(c3ccc(-c4ncccn4)cc3)CC2)C1. The minimum absolute atomic E-state index is 0.211. The summed E-state index contributed by atoms with van der Waals surface area (Å²) in [6.07, 6.45) is 10.0. The Balaban J connectivity index is 0.959. The van der Waals surface area contributed by atoms with Crippen molar-refractivity contribution in [1.82, 2.24) is 25.1 Å². The molecule has 3 N–H and O–H groups in total. The number of nitrogens with zero attached hydrogens (tertiary/aromatic N) is 4. The summed E-state index contributed by atoms with van der Waals surface area (Å²) in [7, 11) is 1.58. The molecule has 0 bridgehead atoms. The summed E-state index contributed by atoms with van der Waals surface area (Å²) in [5, 5.41) is 22.8. The summed E-state index contributed by atoms with van der Waals surface area (Å²) in [6.45, 7) is 1.59. The highest BCUT2D eigenvalue weighted by Crippen LogP contribution is 2.36. The van der Waals surface area contributed by atoms with Gasteiger partial charge in [-0.3, -0.25) is 14.8 Å². The second kappa shape index (κ2) is 14.5. The molecule has 1 aliphatic heterocycles. The number of benzene rings is 3. The first-order valence-electron chi connectivity index (χ1n) is 17.3. The first kappa shape index (κ1) is 33.0. The Hall–Kier alpha value is -4.51. The summed E-state index contributed by atoms with van der Waals surface area (Å²) in [4.78, 5) is 24.6. The zero-order valence-corrected chi connectivity index (χ0v) is 27.8. The predicted molar refractivity (Wildman–Crippen MR) is 188 cm³/mol. The van der Waals surface area contributed by atoms with Gasteiger partial charge in [0.2, 0.25) is 0 Å². The summed E-state index contributed by atoms with van der Waals surface area (Å²) in [6, 6.07) is 22.2. The highest BCUT2D eigenvalue weighted by Gasteiger charge is 2.45. The van der Waals surface area contributed by atoms with Crippen LogP contribution in [0.5, 0.6) is 0 Å². The van der Waals surface area contributed by atoms with Gasteiger partial charge in [0.05, 0.1) is 17.3 Å². The number of hydrogen-bond donors (Lipinski definition) is 3. The smallest absolute Gasteiger partial charge is 0.258 e. The lowest BCUT2D eigenvalue weighted by atomic mass is 9.80. The first-order valence-corrected chi connectivity index (χ1v) is 17.3. The number of methoxy groups -OCH3 is 1. The Labute approximate surface area is 285 Å². The number of hydrogen-bond acceptors (Lipinski definition) is 7. The van der Waals surface area contributed by atoms with Crippen LogP contribution < -0.4 is 5.32 Å². The van der Waals surface area contributed by atoms with Crippen LogP contribution in [-0.4, -0.2) is 74.5 Å². The van der Waals surface area contributed by atoms with E-state index in [1.54, 1.807) is 31.6 Å². The molecule has 1 amide bonds. The van der Waals surface area contributed by atoms with E-state index in [2.05, 4.69) is 54.6 Å². The normalized spacial score (nSPS) is 22.4. The number of aromatic nitrogens is 4. The molecule has 7 rings (SSSR count). The number of nitrogens with one attached hydrogen (secondary N) is 2. The molecule has 10 heteroatoms. The molecular weight excluding hydrogens is 619 g/mol. The molecule has 9 nitrogen and oxygen atoms in total. The highest BCUT2D eigenvalue weighted by molar-refractivity contribution is 6.01. The summed E-state index contributed by atoms with van der Waals surface area (Å²) in [5.74, 6) is 0.889. The van der Waals surface area contributed by atoms with E-state index in [1.807, 2.05) is 24.3 Å². The Morgan fingerprint density at radius 2 is 1.78 bits per heavy atom. The van der Waals surface area contributed by atoms with Gasteiger partial charge in [-0.25, -0.2) is 14.4 Å². The molecule has 49 heavy (non-hydrogen) atoms. The molecule has 5 aromatic rings. The number of halogens is 1. The topological polar surface area (TPSA) is 116 Å². The number of aliphatic hydroxyl groups is 1. The van der Waals surface area contributed by atoms with Crippen LogP contribution in [0, 0.1) is 11.7 Å². The highest BCUT2D eigenvalue weighted by atomic mass is 19.1. The van der Waals surface area contributed by atoms with Crippen LogP contribution in [0.4, 0.5) is 10.1 Å². The number of aliphatic hydroxyl groups excluding tert-OH is 1. The van der Waals surface area contributed by atoms with Gasteiger partial charge in [-0.15, -0.1) is 0 Å². The third-order valence-electron chi connectivity index (χ3n) is 10.5. The number of H-pyrrole nitrogens is 1. The van der Waals surface area contributed by atoms with Gasteiger partial charge in [-0.1, -0.05) is 37.1 Å². The fourth-order valence-electron chi connectivity index (χ4n) is 7.61. The second-order valence-corrected chi connectivity index (χ2v) is 13.6. The van der Waals surface area contributed by atoms with Gasteiger partial charge in [0.1, 0.15) is 5.82 Å². The quantitative estimate of drug-likeness (QED) is 0.156. The van der Waals surface area contributed by atoms with Gasteiger partial charge in [-0.05, 0) is 98.0 Å². The lowest BCUT2D eigenvalue weighted by Crippen LogP contribution is -2.48. The van der Waals surface area contributed by atoms with E-state index in [0.717, 1.165) is 66.4 Å². The zero-order valence-electron chi connectivity index (χ0n) is 27.8. The zero-order chi connectivity index (χ0) is 33.8. The van der Waals surface area contributed by atoms with Crippen LogP contribution in [0.3, 0.4) is 0 Å². The van der Waals surface area contributed by atoms with Crippen molar-refractivity contribution >= 4 is 22.5 Å². The number of likely N-dealkylation sites (tertiary alicyclic amines) is 1. The molecule has 0 spiro atoms. The maximum Gasteiger partial charge on any atom is 0.258 e. The number of carbonyl (C=O) groups excluding carboxylic acids is 1. The van der Waals surface area contributed by atoms with Crippen molar-refractivity contribution in [3.05, 3.63) is 96.6 Å². The van der Waals surface area contributed by atoms with E-state index in [1.165, 1.54) is 17.7 Å². The fourth-order valence-corrected chi connectivity index (χ4v) is 7.61. The second-order valence-electron chi connectivity index (χ2n) is 13.6. The predicted octanol–water partition coefficient (Wildman–Crippen LogP) is 6.97. The molecule has 3 aromatic carbocycles. The van der Waals surface area contributed by atoms with Gasteiger partial charge in [0.25, 0.3) is 5.91 Å². The number of anilines is 1. The summed E-state index contributed by atoms with van der Waals surface area (Å²) >= 11 is 0. The van der Waals surface area contributed by atoms with Gasteiger partial charge in [0, 0.05) is 61.3 Å². The number of aromatic amines is 1. The number of ether oxygens (including phenoxy) is 1. The largest absolute Gasteiger partial charge is 0.392 e. The number of amides is 1. The Morgan fingerprint density at radius 1 is 1.02 bits per heavy atom. The van der Waals surface area contributed by atoms with E-state index in [9.17, 15) is 14.3 Å². The maximum absolute atomic E-state index is 13.7. The van der Waals surface area contributed by atoms with Crippen molar-refractivity contribution in [2.24, 2.45) is 5.92 Å². The number of rotatable bonds is 9. The summed E-state index contributed by atoms with van der Waals surface area (Å²) < 4.78 is 19.4. The van der Waals surface area contributed by atoms with Crippen molar-refractivity contribution in [2.75, 3.05) is 32.1 Å². The van der Waals surface area contributed by atoms with Gasteiger partial charge in [0.15, 0.2) is 11.4 Å². The maximum atomic E-state index is 13.7. The first-order chi connectivity index (χ1) is 23.9. The van der Waals surface area contributed by atoms with Crippen LogP contribution in [0.2, 0.25) is 0 Å². The van der Waals surface area contributed by atoms with E-state index < -0.39 is 11.7 Å². The monoisotopic (exact) mass is 662 g/mol. The molecule has 3 heterocycles. The van der Waals surface area contributed by atoms with Crippen LogP contribution in [0.25, 0.3) is 33.5 Å². The van der Waals surface area contributed by atoms with Crippen molar-refractivity contribution in [3.8, 4) is 22.6 Å². The minimum atomic E-state index is -1.02. The van der Waals surface area contributed by atoms with E-state index >= 15 is 0 Å². The third-order valence-corrected chi connectivity index (χ3v) is 10.5. The molecule has 1 saturated carbocycles. The fraction of sp³-hybridized carbons (Fsp3) is 0.385. The van der Waals surface area contributed by atoms with Gasteiger partial charge >= 0.3 is 0 Å². The van der Waals surface area contributed by atoms with Crippen molar-refractivity contribution in [3.63, 3.8) is 0 Å². The average molecular weight is 663 g/mol. The van der Waals surface area contributed by atoms with Gasteiger partial charge in [-0.2, -0.15) is 5.10 Å². The Morgan fingerprint density at radius 3 is 2.55 bits per heavy atom. The molecular formula is C39H43FN6O3. The number of fused-ring (bicyclic) bond motifs is 1. The molecule has 4 atom stereocenters. The lowest BCUT2D eigenvalue weighted by Gasteiger charge is -2.31. The Kier molecular flexibility index (Phi) is 9.79. The van der Waals surface area contributed by atoms with Crippen LogP contribution >= 0.6 is 0 Å². The van der Waals surface area contributed by atoms with Gasteiger partial charge < -0.3 is 15.2 Å². The van der Waals surface area contributed by atoms with Crippen LogP contribution in [-0.2, 0) is 9.53 Å². The van der Waals surface area contributed by atoms with E-state index in [0.29, 0.717) is 43.4 Å². The molecule has 1 saturated heterocycles. The minimum Gasteiger partial charge on any atom is -0.392 e. The molecule has 1 aliphatic carbocycles. The molecule has 2 fully saturated rings. The Bertz CT molecular complexity index is 1870. The molecule has 2 aromatic heterocycles. The van der Waals surface area contributed by atoms with Crippen LogP contribution in [0.15, 0.2) is 85.2 Å². The standard InChI is InChI=1S/C39H43FN6O3/c1-49-39(38(48)43-32-17-18-34-33(23-32)36(45-44-34)29-13-15-31(40)16-14-29)19-22-46(25-39)24-35(47)28-6-3-2-5-26(7-10-28)27-8-11-30(12-9-27)37-41-20-4-21-42-37/h4,8-9,11-18,20-21,23,26,28,35,47H,2-3,5-7,10,19,22,24-25H2,1H3,(H,43,48)(H,44,45)/t26?,28?,35?,39-/m0/s1. The van der Waals surface area contributed by atoms with E-state index in [-0.39, 0.29) is 17.6 Å². The summed E-state index contributed by atoms with van der Waals surface area (Å²) in [5.41, 5.74) is 4.25. The molecule has 0 radical (unpaired) electrons. The molecule has 2 aliphatic rings. The molecule has 3 unspecified atom stereocenters.